The molecule has 0 spiro atoms. The molecular weight excluding hydrogens is 545 g/mol. The van der Waals surface area contributed by atoms with Gasteiger partial charge in [0.2, 0.25) is 0 Å². The second-order valence-electron chi connectivity index (χ2n) is 8.73. The third-order valence-electron chi connectivity index (χ3n) is 5.91. The van der Waals surface area contributed by atoms with Gasteiger partial charge in [0.05, 0.1) is 0 Å². The van der Waals surface area contributed by atoms with E-state index in [1.807, 2.05) is 64.2 Å². The fourth-order valence-corrected chi connectivity index (χ4v) is 13.6. The first-order valence-electron chi connectivity index (χ1n) is 14.0. The summed E-state index contributed by atoms with van der Waals surface area (Å²) in [6.45, 7) is 19.7. The SMILES string of the molecule is C/C=C\C.C=CCC.CC.CCOCCOc1ccc(C[CH2][Ge]([CH3])([c]2ccc(C)cc2)[c]2cccs2)cc1. The molecule has 0 amide bonds. The number of thiophene rings is 1. The van der Waals surface area contributed by atoms with E-state index in [0.717, 1.165) is 25.2 Å². The van der Waals surface area contributed by atoms with E-state index in [1.165, 1.54) is 16.4 Å². The molecular formula is C34H52GeO2S. The van der Waals surface area contributed by atoms with Crippen molar-refractivity contribution in [2.75, 3.05) is 19.8 Å². The molecule has 0 saturated heterocycles. The molecule has 1 aromatic heterocycles. The number of allylic oxidation sites excluding steroid dienone is 3. The molecule has 4 heteroatoms. The van der Waals surface area contributed by atoms with Crippen molar-refractivity contribution in [3.05, 3.63) is 102 Å². The van der Waals surface area contributed by atoms with Gasteiger partial charge in [0.15, 0.2) is 0 Å². The van der Waals surface area contributed by atoms with E-state index in [1.54, 1.807) is 8.11 Å². The molecule has 0 N–H and O–H groups in total. The van der Waals surface area contributed by atoms with Crippen LogP contribution in [0.4, 0.5) is 0 Å². The molecule has 0 radical (unpaired) electrons. The van der Waals surface area contributed by atoms with Crippen molar-refractivity contribution in [2.45, 2.75) is 72.3 Å². The normalized spacial score (nSPS) is 11.6. The van der Waals surface area contributed by atoms with Gasteiger partial charge in [0.25, 0.3) is 0 Å². The Kier molecular flexibility index (Phi) is 21.6. The summed E-state index contributed by atoms with van der Waals surface area (Å²) in [6.07, 6.45) is 8.07. The van der Waals surface area contributed by atoms with Crippen LogP contribution in [0.2, 0.25) is 11.0 Å². The van der Waals surface area contributed by atoms with Crippen LogP contribution in [-0.2, 0) is 11.2 Å². The van der Waals surface area contributed by atoms with Gasteiger partial charge in [-0.15, -0.1) is 6.58 Å². The minimum atomic E-state index is -2.34. The number of ether oxygens (including phenoxy) is 2. The van der Waals surface area contributed by atoms with Crippen molar-refractivity contribution in [3.8, 4) is 5.75 Å². The Bertz CT molecular complexity index is 959. The van der Waals surface area contributed by atoms with Gasteiger partial charge in [-0.05, 0) is 20.3 Å². The molecule has 1 unspecified atom stereocenters. The van der Waals surface area contributed by atoms with Crippen LogP contribution in [0.15, 0.2) is 90.9 Å². The molecule has 0 aliphatic rings. The molecule has 0 fully saturated rings. The zero-order valence-electron chi connectivity index (χ0n) is 25.3. The Morgan fingerprint density at radius 1 is 0.895 bits per heavy atom. The zero-order valence-corrected chi connectivity index (χ0v) is 28.2. The second-order valence-corrected chi connectivity index (χ2v) is 19.4. The van der Waals surface area contributed by atoms with E-state index in [9.17, 15) is 0 Å². The number of hydrogen-bond donors (Lipinski definition) is 0. The van der Waals surface area contributed by atoms with Gasteiger partial charge in [-0.25, -0.2) is 0 Å². The van der Waals surface area contributed by atoms with E-state index in [-0.39, 0.29) is 0 Å². The Balaban J connectivity index is 0.00000119. The van der Waals surface area contributed by atoms with E-state index in [2.05, 4.69) is 92.2 Å². The monoisotopic (exact) mass is 598 g/mol. The van der Waals surface area contributed by atoms with E-state index in [4.69, 9.17) is 9.47 Å². The van der Waals surface area contributed by atoms with Crippen molar-refractivity contribution in [1.29, 1.82) is 0 Å². The van der Waals surface area contributed by atoms with Gasteiger partial charge in [-0.3, -0.25) is 0 Å². The topological polar surface area (TPSA) is 18.5 Å². The first kappa shape index (κ1) is 35.9. The first-order valence-corrected chi connectivity index (χ1v) is 20.6. The summed E-state index contributed by atoms with van der Waals surface area (Å²) in [6, 6.07) is 22.4. The fraction of sp³-hybridized carbons (Fsp3) is 0.412. The van der Waals surface area contributed by atoms with Crippen LogP contribution >= 0.6 is 11.3 Å². The van der Waals surface area contributed by atoms with E-state index in [0.29, 0.717) is 13.2 Å². The summed E-state index contributed by atoms with van der Waals surface area (Å²) in [5, 5.41) is 3.48. The molecule has 1 heterocycles. The van der Waals surface area contributed by atoms with E-state index >= 15 is 0 Å². The first-order chi connectivity index (χ1) is 18.4. The van der Waals surface area contributed by atoms with Crippen molar-refractivity contribution in [3.63, 3.8) is 0 Å². The summed E-state index contributed by atoms with van der Waals surface area (Å²) in [5.41, 5.74) is 2.72. The molecule has 2 aromatic carbocycles. The standard InChI is InChI=1S/C24H30GeO2S.2C4H8.C2H6/c1-4-26-17-18-27-23-13-9-21(10-14-23)15-16-25(3,24-6-5-19-28-24)22-11-7-20(2)8-12-22;2*1-3-4-2;1-2/h5-14,19H,4,15-18H2,1-3H3;3-4H,1-2H3;3H,1,4H2,2H3;1-2H3/b;4-3-;;. The third kappa shape index (κ3) is 14.2. The maximum atomic E-state index is 5.74. The number of benzene rings is 2. The van der Waals surface area contributed by atoms with E-state index < -0.39 is 13.3 Å². The third-order valence-corrected chi connectivity index (χ3v) is 18.3. The Morgan fingerprint density at radius 2 is 1.50 bits per heavy atom. The van der Waals surface area contributed by atoms with Gasteiger partial charge in [0.1, 0.15) is 0 Å². The van der Waals surface area contributed by atoms with Crippen LogP contribution in [0, 0.1) is 6.92 Å². The summed E-state index contributed by atoms with van der Waals surface area (Å²) in [5.74, 6) is 3.48. The number of rotatable bonds is 11. The minimum absolute atomic E-state index is 0.604. The summed E-state index contributed by atoms with van der Waals surface area (Å²) < 4.78 is 14.2. The fourth-order valence-electron chi connectivity index (χ4n) is 3.43. The number of aryl methyl sites for hydroxylation is 2. The van der Waals surface area contributed by atoms with Crippen molar-refractivity contribution in [1.82, 2.24) is 0 Å². The van der Waals surface area contributed by atoms with Crippen LogP contribution < -0.4 is 12.8 Å². The quantitative estimate of drug-likeness (QED) is 0.125. The second kappa shape index (κ2) is 22.9. The van der Waals surface area contributed by atoms with Crippen LogP contribution in [0.5, 0.6) is 5.75 Å². The van der Waals surface area contributed by atoms with Crippen molar-refractivity contribution in [2.24, 2.45) is 0 Å². The summed E-state index contributed by atoms with van der Waals surface area (Å²) in [4.78, 5) is 0. The Hall–Kier alpha value is -2.08. The molecule has 0 bridgehead atoms. The summed E-state index contributed by atoms with van der Waals surface area (Å²) >= 11 is -0.410. The molecule has 0 saturated carbocycles. The van der Waals surface area contributed by atoms with Gasteiger partial charge in [-0.1, -0.05) is 39.0 Å². The van der Waals surface area contributed by atoms with Gasteiger partial charge >= 0.3 is 176 Å². The van der Waals surface area contributed by atoms with Crippen molar-refractivity contribution >= 4 is 32.7 Å². The van der Waals surface area contributed by atoms with Crippen LogP contribution in [0.25, 0.3) is 0 Å². The molecule has 210 valence electrons. The predicted octanol–water partition coefficient (Wildman–Crippen LogP) is 9.10. The molecule has 38 heavy (non-hydrogen) atoms. The molecule has 2 nitrogen and oxygen atoms in total. The summed E-state index contributed by atoms with van der Waals surface area (Å²) in [7, 11) is 0. The Morgan fingerprint density at radius 3 is 1.97 bits per heavy atom. The number of hydrogen-bond acceptors (Lipinski definition) is 3. The van der Waals surface area contributed by atoms with Crippen LogP contribution in [-0.4, -0.2) is 33.1 Å². The maximum absolute atomic E-state index is 5.74. The predicted molar refractivity (Wildman–Crippen MR) is 176 cm³/mol. The molecule has 1 atom stereocenters. The molecule has 3 aromatic rings. The van der Waals surface area contributed by atoms with Gasteiger partial charge < -0.3 is 0 Å². The molecule has 0 aliphatic carbocycles. The van der Waals surface area contributed by atoms with Gasteiger partial charge in [0, 0.05) is 0 Å². The molecule has 3 rings (SSSR count). The van der Waals surface area contributed by atoms with Gasteiger partial charge in [-0.2, -0.15) is 0 Å². The van der Waals surface area contributed by atoms with Crippen molar-refractivity contribution < 1.29 is 9.47 Å². The zero-order chi connectivity index (χ0) is 28.7. The van der Waals surface area contributed by atoms with Crippen LogP contribution in [0.3, 0.4) is 0 Å². The molecule has 0 aliphatic heterocycles. The van der Waals surface area contributed by atoms with Crippen LogP contribution in [0.1, 0.15) is 59.1 Å². The average molecular weight is 597 g/mol. The Labute approximate surface area is 241 Å². The average Bonchev–Trinajstić information content (AvgIpc) is 3.52.